The molecule has 0 aliphatic carbocycles. The summed E-state index contributed by atoms with van der Waals surface area (Å²) in [7, 11) is 0. The van der Waals surface area contributed by atoms with Crippen LogP contribution >= 0.6 is 0 Å². The van der Waals surface area contributed by atoms with E-state index in [4.69, 9.17) is 10.2 Å². The number of pyridine rings is 1. The van der Waals surface area contributed by atoms with Crippen LogP contribution in [0.5, 0.6) is 11.5 Å². The summed E-state index contributed by atoms with van der Waals surface area (Å²) in [5.41, 5.74) is 0.565. The maximum atomic E-state index is 10.1. The second-order valence-electron chi connectivity index (χ2n) is 4.10. The zero-order valence-corrected chi connectivity index (χ0v) is 10.9. The highest BCUT2D eigenvalue weighted by molar-refractivity contribution is 5.77. The Morgan fingerprint density at radius 2 is 1.67 bits per heavy atom. The number of hydrogen-bond donors (Lipinski definition) is 2. The first-order valence-corrected chi connectivity index (χ1v) is 6.04. The molecule has 1 aromatic heterocycles. The minimum absolute atomic E-state index is 0.487. The van der Waals surface area contributed by atoms with Crippen molar-refractivity contribution >= 4 is 16.6 Å². The molecule has 0 amide bonds. The molecule has 0 aliphatic heterocycles. The van der Waals surface area contributed by atoms with Crippen LogP contribution in [0.25, 0.3) is 10.9 Å². The van der Waals surface area contributed by atoms with Gasteiger partial charge < -0.3 is 10.2 Å². The average molecular weight is 284 g/mol. The Morgan fingerprint density at radius 3 is 2.33 bits per heavy atom. The van der Waals surface area contributed by atoms with Crippen molar-refractivity contribution in [1.82, 2.24) is 4.98 Å². The summed E-state index contributed by atoms with van der Waals surface area (Å²) in [5, 5.41) is 29.0. The summed E-state index contributed by atoms with van der Waals surface area (Å²) >= 11 is 0. The summed E-state index contributed by atoms with van der Waals surface area (Å²) in [4.78, 5) is 13.5. The SMILES string of the molecule is O=[N+]([O-])c1cccc(O)c1O.c1ccc2ncccc2c1. The fraction of sp³-hybridized carbons (Fsp3) is 0. The number of benzene rings is 2. The van der Waals surface area contributed by atoms with Gasteiger partial charge in [-0.05, 0) is 18.2 Å². The Morgan fingerprint density at radius 1 is 0.952 bits per heavy atom. The van der Waals surface area contributed by atoms with E-state index in [0.717, 1.165) is 11.6 Å². The summed E-state index contributed by atoms with van der Waals surface area (Å²) < 4.78 is 0. The van der Waals surface area contributed by atoms with Gasteiger partial charge in [0.25, 0.3) is 0 Å². The number of nitro groups is 1. The van der Waals surface area contributed by atoms with Gasteiger partial charge in [-0.25, -0.2) is 0 Å². The van der Waals surface area contributed by atoms with Crippen molar-refractivity contribution in [2.75, 3.05) is 0 Å². The first-order valence-electron chi connectivity index (χ1n) is 6.04. The third kappa shape index (κ3) is 3.44. The minimum Gasteiger partial charge on any atom is -0.504 e. The van der Waals surface area contributed by atoms with E-state index in [9.17, 15) is 10.1 Å². The fourth-order valence-corrected chi connectivity index (χ4v) is 1.68. The highest BCUT2D eigenvalue weighted by Crippen LogP contribution is 2.33. The Kier molecular flexibility index (Phi) is 4.30. The molecule has 0 fully saturated rings. The van der Waals surface area contributed by atoms with Crippen molar-refractivity contribution in [3.63, 3.8) is 0 Å². The average Bonchev–Trinajstić information content (AvgIpc) is 2.50. The van der Waals surface area contributed by atoms with Crippen LogP contribution in [0.1, 0.15) is 0 Å². The van der Waals surface area contributed by atoms with Crippen LogP contribution in [-0.2, 0) is 0 Å². The van der Waals surface area contributed by atoms with Crippen LogP contribution < -0.4 is 0 Å². The van der Waals surface area contributed by atoms with Crippen LogP contribution in [0.3, 0.4) is 0 Å². The van der Waals surface area contributed by atoms with E-state index >= 15 is 0 Å². The maximum Gasteiger partial charge on any atom is 0.314 e. The summed E-state index contributed by atoms with van der Waals surface area (Å²) in [6, 6.07) is 15.6. The molecular weight excluding hydrogens is 272 g/mol. The number of fused-ring (bicyclic) bond motifs is 1. The summed E-state index contributed by atoms with van der Waals surface area (Å²) in [6.07, 6.45) is 1.81. The lowest BCUT2D eigenvalue weighted by Crippen LogP contribution is -1.87. The van der Waals surface area contributed by atoms with Crippen molar-refractivity contribution in [2.24, 2.45) is 0 Å². The number of phenols is 2. The number of nitrogens with zero attached hydrogens (tertiary/aromatic N) is 2. The van der Waals surface area contributed by atoms with Gasteiger partial charge in [-0.2, -0.15) is 0 Å². The lowest BCUT2D eigenvalue weighted by atomic mass is 10.2. The Labute approximate surface area is 120 Å². The Bertz CT molecular complexity index is 709. The van der Waals surface area contributed by atoms with E-state index < -0.39 is 22.1 Å². The van der Waals surface area contributed by atoms with E-state index in [-0.39, 0.29) is 0 Å². The van der Waals surface area contributed by atoms with E-state index in [2.05, 4.69) is 17.1 Å². The quantitative estimate of drug-likeness (QED) is 0.406. The molecule has 3 rings (SSSR count). The summed E-state index contributed by atoms with van der Waals surface area (Å²) in [5.74, 6) is -1.18. The van der Waals surface area contributed by atoms with Gasteiger partial charge in [-0.1, -0.05) is 30.3 Å². The van der Waals surface area contributed by atoms with E-state index in [1.807, 2.05) is 30.5 Å². The molecule has 6 nitrogen and oxygen atoms in total. The first kappa shape index (κ1) is 14.3. The number of aromatic nitrogens is 1. The molecule has 1 heterocycles. The fourth-order valence-electron chi connectivity index (χ4n) is 1.68. The molecular formula is C15H12N2O4. The first-order chi connectivity index (χ1) is 10.1. The number of phenolic OH excluding ortho intramolecular Hbond substituents is 2. The lowest BCUT2D eigenvalue weighted by molar-refractivity contribution is -0.386. The molecule has 0 atom stereocenters. The smallest absolute Gasteiger partial charge is 0.314 e. The third-order valence-corrected chi connectivity index (χ3v) is 2.70. The van der Waals surface area contributed by atoms with E-state index in [1.165, 1.54) is 17.5 Å². The van der Waals surface area contributed by atoms with Gasteiger partial charge in [0, 0.05) is 17.6 Å². The second kappa shape index (κ2) is 6.33. The van der Waals surface area contributed by atoms with Crippen LogP contribution in [0.2, 0.25) is 0 Å². The van der Waals surface area contributed by atoms with Crippen molar-refractivity contribution in [2.45, 2.75) is 0 Å². The molecule has 2 aromatic carbocycles. The van der Waals surface area contributed by atoms with Gasteiger partial charge >= 0.3 is 5.69 Å². The highest BCUT2D eigenvalue weighted by atomic mass is 16.6. The molecule has 0 spiro atoms. The number of hydrogen-bond acceptors (Lipinski definition) is 5. The standard InChI is InChI=1S/C9H7N.C6H5NO4/c1-2-6-9-8(4-1)5-3-7-10-9;8-5-3-1-2-4(6(5)9)7(10)11/h1-7H;1-3,8-9H. The van der Waals surface area contributed by atoms with Crippen LogP contribution in [0, 0.1) is 10.1 Å². The largest absolute Gasteiger partial charge is 0.504 e. The van der Waals surface area contributed by atoms with Crippen molar-refractivity contribution in [1.29, 1.82) is 0 Å². The highest BCUT2D eigenvalue weighted by Gasteiger charge is 2.14. The molecule has 0 aliphatic rings. The molecule has 0 bridgehead atoms. The predicted octanol–water partition coefficient (Wildman–Crippen LogP) is 3.24. The van der Waals surface area contributed by atoms with Crippen LogP contribution in [0.4, 0.5) is 5.69 Å². The number of aromatic hydroxyl groups is 2. The number of nitro benzene ring substituents is 1. The monoisotopic (exact) mass is 284 g/mol. The zero-order valence-electron chi connectivity index (χ0n) is 10.9. The maximum absolute atomic E-state index is 10.1. The molecule has 106 valence electrons. The van der Waals surface area contributed by atoms with Crippen LogP contribution in [-0.4, -0.2) is 20.1 Å². The summed E-state index contributed by atoms with van der Waals surface area (Å²) in [6.45, 7) is 0. The van der Waals surface area contributed by atoms with Crippen molar-refractivity contribution in [3.8, 4) is 11.5 Å². The molecule has 0 saturated carbocycles. The van der Waals surface area contributed by atoms with Gasteiger partial charge in [0.1, 0.15) is 0 Å². The van der Waals surface area contributed by atoms with Gasteiger partial charge in [0.15, 0.2) is 5.75 Å². The van der Waals surface area contributed by atoms with E-state index in [0.29, 0.717) is 0 Å². The van der Waals surface area contributed by atoms with E-state index in [1.54, 1.807) is 0 Å². The molecule has 6 heteroatoms. The van der Waals surface area contributed by atoms with Gasteiger partial charge in [0.2, 0.25) is 5.75 Å². The molecule has 2 N–H and O–H groups in total. The number of para-hydroxylation sites is 2. The molecule has 0 radical (unpaired) electrons. The second-order valence-corrected chi connectivity index (χ2v) is 4.10. The molecule has 0 saturated heterocycles. The Hall–Kier alpha value is -3.15. The van der Waals surface area contributed by atoms with Crippen molar-refractivity contribution in [3.05, 3.63) is 70.9 Å². The normalized spacial score (nSPS) is 9.71. The third-order valence-electron chi connectivity index (χ3n) is 2.70. The topological polar surface area (TPSA) is 96.5 Å². The molecule has 21 heavy (non-hydrogen) atoms. The van der Waals surface area contributed by atoms with Crippen LogP contribution in [0.15, 0.2) is 60.8 Å². The molecule has 3 aromatic rings. The predicted molar refractivity (Wildman–Crippen MR) is 78.2 cm³/mol. The number of rotatable bonds is 1. The molecule has 0 unspecified atom stereocenters. The van der Waals surface area contributed by atoms with Gasteiger partial charge in [0.05, 0.1) is 10.4 Å². The lowest BCUT2D eigenvalue weighted by Gasteiger charge is -1.96. The van der Waals surface area contributed by atoms with Gasteiger partial charge in [-0.3, -0.25) is 15.1 Å². The zero-order chi connectivity index (χ0) is 15.2. The van der Waals surface area contributed by atoms with Gasteiger partial charge in [-0.15, -0.1) is 0 Å². The Balaban J connectivity index is 0.000000154. The van der Waals surface area contributed by atoms with Crippen molar-refractivity contribution < 1.29 is 15.1 Å². The minimum atomic E-state index is -0.769.